The van der Waals surface area contributed by atoms with Gasteiger partial charge in [0.2, 0.25) is 0 Å². The Morgan fingerprint density at radius 2 is 1.89 bits per heavy atom. The number of rotatable bonds is 5. The second-order valence-corrected chi connectivity index (χ2v) is 8.18. The molecule has 1 aliphatic carbocycles. The molecule has 3 rings (SSSR count). The molecule has 1 aromatic carbocycles. The first-order chi connectivity index (χ1) is 13.3. The number of benzene rings is 1. The number of para-hydroxylation sites is 1. The predicted molar refractivity (Wildman–Crippen MR) is 116 cm³/mol. The molecule has 0 saturated heterocycles. The van der Waals surface area contributed by atoms with E-state index in [1.165, 1.54) is 30.4 Å². The summed E-state index contributed by atoms with van der Waals surface area (Å²) in [7, 11) is 0. The topological polar surface area (TPSA) is 42.2 Å². The maximum atomic E-state index is 12.3. The second kappa shape index (κ2) is 8.47. The van der Waals surface area contributed by atoms with E-state index in [9.17, 15) is 4.79 Å². The molecule has 28 heavy (non-hydrogen) atoms. The maximum Gasteiger partial charge on any atom is 0.291 e. The highest BCUT2D eigenvalue weighted by Gasteiger charge is 2.26. The Bertz CT molecular complexity index is 926. The number of amides is 1. The number of hydrogen-bond donors (Lipinski definition) is 1. The minimum Gasteiger partial charge on any atom is -0.452 e. The average Bonchev–Trinajstić information content (AvgIpc) is 3.10. The Hall–Kier alpha value is -2.81. The summed E-state index contributed by atoms with van der Waals surface area (Å²) in [5.74, 6) is 0.733. The maximum absolute atomic E-state index is 12.3. The molecule has 3 heteroatoms. The Labute approximate surface area is 167 Å². The van der Waals surface area contributed by atoms with Gasteiger partial charge in [0.25, 0.3) is 5.91 Å². The van der Waals surface area contributed by atoms with Crippen LogP contribution in [0.5, 0.6) is 0 Å². The molecule has 1 aliphatic rings. The summed E-state index contributed by atoms with van der Waals surface area (Å²) in [6.45, 7) is 8.93. The molecular formula is C25H29NO2. The fourth-order valence-corrected chi connectivity index (χ4v) is 3.76. The lowest BCUT2D eigenvalue weighted by atomic mass is 9.72. The van der Waals surface area contributed by atoms with Gasteiger partial charge in [-0.2, -0.15) is 0 Å². The SMILES string of the molecule is CC(C=CC1=C(C)CCCC1(C)C)=Cc1ccc(C(=O)Nc2ccccc2)o1. The lowest BCUT2D eigenvalue weighted by Crippen LogP contribution is -2.19. The molecule has 1 aromatic heterocycles. The standard InChI is InChI=1S/C25H29NO2/c1-18(12-14-22-19(2)9-8-16-25(22,3)4)17-21-13-15-23(28-21)24(27)26-20-10-6-5-7-11-20/h5-7,10-15,17H,8-9,16H2,1-4H3,(H,26,27). The van der Waals surface area contributed by atoms with Gasteiger partial charge < -0.3 is 9.73 Å². The average molecular weight is 376 g/mol. The largest absolute Gasteiger partial charge is 0.452 e. The van der Waals surface area contributed by atoms with Crippen molar-refractivity contribution in [3.05, 3.63) is 82.9 Å². The van der Waals surface area contributed by atoms with E-state index in [1.807, 2.05) is 42.5 Å². The highest BCUT2D eigenvalue weighted by Crippen LogP contribution is 2.40. The first-order valence-corrected chi connectivity index (χ1v) is 9.88. The Kier molecular flexibility index (Phi) is 6.03. The van der Waals surface area contributed by atoms with Gasteiger partial charge in [-0.1, -0.05) is 49.8 Å². The van der Waals surface area contributed by atoms with Crippen molar-refractivity contribution in [1.29, 1.82) is 0 Å². The molecule has 2 aromatic rings. The molecule has 1 amide bonds. The van der Waals surface area contributed by atoms with Gasteiger partial charge in [0, 0.05) is 5.69 Å². The van der Waals surface area contributed by atoms with Crippen LogP contribution in [0.25, 0.3) is 6.08 Å². The summed E-state index contributed by atoms with van der Waals surface area (Å²) < 4.78 is 5.71. The van der Waals surface area contributed by atoms with Crippen LogP contribution in [0, 0.1) is 5.41 Å². The van der Waals surface area contributed by atoms with Crippen LogP contribution in [0.2, 0.25) is 0 Å². The summed E-state index contributed by atoms with van der Waals surface area (Å²) in [6, 6.07) is 12.9. The van der Waals surface area contributed by atoms with Crippen LogP contribution in [0.1, 0.15) is 63.3 Å². The van der Waals surface area contributed by atoms with E-state index >= 15 is 0 Å². The molecule has 0 fully saturated rings. The number of anilines is 1. The normalized spacial score (nSPS) is 17.2. The van der Waals surface area contributed by atoms with Crippen molar-refractivity contribution in [1.82, 2.24) is 0 Å². The quantitative estimate of drug-likeness (QED) is 0.571. The second-order valence-electron chi connectivity index (χ2n) is 8.18. The summed E-state index contributed by atoms with van der Waals surface area (Å²) in [6.07, 6.45) is 10.0. The monoisotopic (exact) mass is 375 g/mol. The number of hydrogen-bond acceptors (Lipinski definition) is 2. The van der Waals surface area contributed by atoms with Gasteiger partial charge in [-0.25, -0.2) is 0 Å². The third kappa shape index (κ3) is 4.92. The molecular weight excluding hydrogens is 346 g/mol. The Morgan fingerprint density at radius 1 is 1.14 bits per heavy atom. The smallest absolute Gasteiger partial charge is 0.291 e. The van der Waals surface area contributed by atoms with E-state index in [-0.39, 0.29) is 11.3 Å². The van der Waals surface area contributed by atoms with Gasteiger partial charge in [-0.3, -0.25) is 4.79 Å². The molecule has 0 saturated carbocycles. The van der Waals surface area contributed by atoms with Crippen molar-refractivity contribution in [3.8, 4) is 0 Å². The van der Waals surface area contributed by atoms with E-state index < -0.39 is 0 Å². The van der Waals surface area contributed by atoms with Crippen LogP contribution in [0.15, 0.2) is 75.8 Å². The molecule has 0 radical (unpaired) electrons. The highest BCUT2D eigenvalue weighted by atomic mass is 16.3. The van der Waals surface area contributed by atoms with Crippen molar-refractivity contribution in [2.75, 3.05) is 5.32 Å². The zero-order chi connectivity index (χ0) is 20.1. The summed E-state index contributed by atoms with van der Waals surface area (Å²) in [4.78, 5) is 12.3. The van der Waals surface area contributed by atoms with Crippen LogP contribution in [0.4, 0.5) is 5.69 Å². The van der Waals surface area contributed by atoms with Crippen LogP contribution < -0.4 is 5.32 Å². The van der Waals surface area contributed by atoms with Crippen molar-refractivity contribution in [3.63, 3.8) is 0 Å². The van der Waals surface area contributed by atoms with Crippen LogP contribution in [-0.4, -0.2) is 5.91 Å². The van der Waals surface area contributed by atoms with Crippen molar-refractivity contribution in [2.45, 2.75) is 47.0 Å². The summed E-state index contributed by atoms with van der Waals surface area (Å²) >= 11 is 0. The molecule has 0 unspecified atom stereocenters. The van der Waals surface area contributed by atoms with Gasteiger partial charge >= 0.3 is 0 Å². The molecule has 0 bridgehead atoms. The molecule has 1 N–H and O–H groups in total. The van der Waals surface area contributed by atoms with Gasteiger partial charge in [0.05, 0.1) is 0 Å². The number of nitrogens with one attached hydrogen (secondary N) is 1. The minimum atomic E-state index is -0.246. The molecule has 146 valence electrons. The predicted octanol–water partition coefficient (Wildman–Crippen LogP) is 7.02. The van der Waals surface area contributed by atoms with Crippen LogP contribution in [-0.2, 0) is 0 Å². The first-order valence-electron chi connectivity index (χ1n) is 9.88. The van der Waals surface area contributed by atoms with Gasteiger partial charge in [-0.15, -0.1) is 0 Å². The van der Waals surface area contributed by atoms with Crippen molar-refractivity contribution in [2.24, 2.45) is 5.41 Å². The van der Waals surface area contributed by atoms with E-state index in [0.717, 1.165) is 11.3 Å². The molecule has 0 spiro atoms. The van der Waals surface area contributed by atoms with E-state index in [0.29, 0.717) is 11.5 Å². The fourth-order valence-electron chi connectivity index (χ4n) is 3.76. The third-order valence-electron chi connectivity index (χ3n) is 5.31. The van der Waals surface area contributed by atoms with E-state index in [1.54, 1.807) is 6.07 Å². The zero-order valence-corrected chi connectivity index (χ0v) is 17.2. The number of carbonyl (C=O) groups excluding carboxylic acids is 1. The molecule has 0 aliphatic heterocycles. The van der Waals surface area contributed by atoms with Crippen molar-refractivity contribution < 1.29 is 9.21 Å². The lowest BCUT2D eigenvalue weighted by molar-refractivity contribution is 0.0996. The van der Waals surface area contributed by atoms with E-state index in [2.05, 4.69) is 45.2 Å². The van der Waals surface area contributed by atoms with Gasteiger partial charge in [0.15, 0.2) is 5.76 Å². The lowest BCUT2D eigenvalue weighted by Gasteiger charge is -2.32. The minimum absolute atomic E-state index is 0.229. The number of carbonyl (C=O) groups is 1. The Morgan fingerprint density at radius 3 is 2.61 bits per heavy atom. The number of allylic oxidation sites excluding steroid dienone is 5. The first kappa shape index (κ1) is 19.9. The molecule has 1 heterocycles. The van der Waals surface area contributed by atoms with Crippen LogP contribution in [0.3, 0.4) is 0 Å². The highest BCUT2D eigenvalue weighted by molar-refractivity contribution is 6.02. The summed E-state index contributed by atoms with van der Waals surface area (Å²) in [5.41, 5.74) is 4.99. The zero-order valence-electron chi connectivity index (χ0n) is 17.2. The van der Waals surface area contributed by atoms with Crippen LogP contribution >= 0.6 is 0 Å². The molecule has 3 nitrogen and oxygen atoms in total. The third-order valence-corrected chi connectivity index (χ3v) is 5.31. The molecule has 0 atom stereocenters. The van der Waals surface area contributed by atoms with Crippen molar-refractivity contribution >= 4 is 17.7 Å². The fraction of sp³-hybridized carbons (Fsp3) is 0.320. The summed E-state index contributed by atoms with van der Waals surface area (Å²) in [5, 5.41) is 2.83. The number of furan rings is 1. The Balaban J connectivity index is 1.69. The van der Waals surface area contributed by atoms with Gasteiger partial charge in [-0.05, 0) is 80.0 Å². The van der Waals surface area contributed by atoms with Gasteiger partial charge in [0.1, 0.15) is 5.76 Å². The van der Waals surface area contributed by atoms with E-state index in [4.69, 9.17) is 4.42 Å².